The summed E-state index contributed by atoms with van der Waals surface area (Å²) in [6.07, 6.45) is -0.152. The molecule has 4 rings (SSSR count). The summed E-state index contributed by atoms with van der Waals surface area (Å²) in [4.78, 5) is 2.12. The number of hydrogen-bond acceptors (Lipinski definition) is 8. The van der Waals surface area contributed by atoms with Crippen molar-refractivity contribution in [2.45, 2.75) is 30.1 Å². The maximum Gasteiger partial charge on any atom is 0.300 e. The highest BCUT2D eigenvalue weighted by Crippen LogP contribution is 2.46. The van der Waals surface area contributed by atoms with Gasteiger partial charge in [0, 0.05) is 34.4 Å². The molecule has 0 saturated carbocycles. The van der Waals surface area contributed by atoms with Crippen LogP contribution in [0.2, 0.25) is 0 Å². The average Bonchev–Trinajstić information content (AvgIpc) is 3.41. The van der Waals surface area contributed by atoms with Crippen molar-refractivity contribution in [3.05, 3.63) is 108 Å². The first-order chi connectivity index (χ1) is 20.1. The van der Waals surface area contributed by atoms with E-state index in [1.165, 1.54) is 0 Å². The smallest absolute Gasteiger partial charge is 0.300 e. The first-order valence-corrected chi connectivity index (χ1v) is 14.1. The van der Waals surface area contributed by atoms with Gasteiger partial charge < -0.3 is 33.5 Å². The number of rotatable bonds is 17. The molecule has 8 heteroatoms. The number of likely N-dealkylation sites (tertiary alicyclic amines) is 1. The lowest BCUT2D eigenvalue weighted by Crippen LogP contribution is -2.58. The Bertz CT molecular complexity index is 1030. The van der Waals surface area contributed by atoms with Crippen molar-refractivity contribution in [1.29, 1.82) is 0 Å². The van der Waals surface area contributed by atoms with Gasteiger partial charge in [-0.1, -0.05) is 91.0 Å². The minimum Gasteiger partial charge on any atom is -0.392 e. The molecule has 222 valence electrons. The maximum atomic E-state index is 10.8. The molecule has 0 amide bonds. The first-order valence-electron chi connectivity index (χ1n) is 14.1. The van der Waals surface area contributed by atoms with Gasteiger partial charge in [0.15, 0.2) is 0 Å². The molecule has 1 N–H and O–H groups in total. The number of ether oxygens (including phenoxy) is 6. The fourth-order valence-corrected chi connectivity index (χ4v) is 5.56. The summed E-state index contributed by atoms with van der Waals surface area (Å²) < 4.78 is 35.9. The van der Waals surface area contributed by atoms with Crippen molar-refractivity contribution in [2.75, 3.05) is 67.5 Å². The predicted molar refractivity (Wildman–Crippen MR) is 157 cm³/mol. The highest BCUT2D eigenvalue weighted by molar-refractivity contribution is 5.47. The predicted octanol–water partition coefficient (Wildman–Crippen LogP) is 4.06. The third kappa shape index (κ3) is 7.41. The van der Waals surface area contributed by atoms with E-state index in [1.807, 2.05) is 54.6 Å². The van der Waals surface area contributed by atoms with E-state index in [4.69, 9.17) is 28.4 Å². The second-order valence-electron chi connectivity index (χ2n) is 10.0. The molecule has 3 aromatic carbocycles. The Labute approximate surface area is 243 Å². The summed E-state index contributed by atoms with van der Waals surface area (Å²) in [5, 5.41) is 10.8. The van der Waals surface area contributed by atoms with Crippen LogP contribution in [0.4, 0.5) is 0 Å². The quantitative estimate of drug-likeness (QED) is 0.149. The largest absolute Gasteiger partial charge is 0.392 e. The Kier molecular flexibility index (Phi) is 11.9. The van der Waals surface area contributed by atoms with E-state index in [0.717, 1.165) is 16.7 Å². The van der Waals surface area contributed by atoms with E-state index >= 15 is 0 Å². The van der Waals surface area contributed by atoms with E-state index in [9.17, 15) is 5.11 Å². The normalized spacial score (nSPS) is 18.1. The van der Waals surface area contributed by atoms with Crippen LogP contribution in [0.1, 0.15) is 23.1 Å². The molecule has 1 heterocycles. The van der Waals surface area contributed by atoms with E-state index in [0.29, 0.717) is 52.5 Å². The number of methoxy groups -OCH3 is 3. The fraction of sp³-hybridized carbons (Fsp3) is 0.455. The maximum absolute atomic E-state index is 10.8. The third-order valence-electron chi connectivity index (χ3n) is 7.52. The van der Waals surface area contributed by atoms with Crippen LogP contribution < -0.4 is 0 Å². The zero-order valence-electron chi connectivity index (χ0n) is 24.3. The van der Waals surface area contributed by atoms with E-state index in [1.54, 1.807) is 21.3 Å². The SMILES string of the molecule is COCCOCCOCCN1CC(O)CC1C(OC)(OC)OC(c1ccccc1)(c1ccccc1)c1ccccc1. The van der Waals surface area contributed by atoms with Gasteiger partial charge in [0.2, 0.25) is 0 Å². The molecule has 2 unspecified atom stereocenters. The van der Waals surface area contributed by atoms with Crippen LogP contribution in [0, 0.1) is 0 Å². The van der Waals surface area contributed by atoms with Crippen LogP contribution >= 0.6 is 0 Å². The zero-order chi connectivity index (χ0) is 29.0. The second kappa shape index (κ2) is 15.5. The minimum absolute atomic E-state index is 0.412. The number of aliphatic hydroxyl groups is 1. The van der Waals surface area contributed by atoms with E-state index < -0.39 is 23.7 Å². The van der Waals surface area contributed by atoms with Crippen molar-refractivity contribution in [3.63, 3.8) is 0 Å². The van der Waals surface area contributed by atoms with Gasteiger partial charge in [-0.3, -0.25) is 4.90 Å². The van der Waals surface area contributed by atoms with Gasteiger partial charge >= 0.3 is 5.97 Å². The highest BCUT2D eigenvalue weighted by Gasteiger charge is 2.55. The fourth-order valence-electron chi connectivity index (χ4n) is 5.56. The van der Waals surface area contributed by atoms with Crippen molar-refractivity contribution < 1.29 is 33.5 Å². The van der Waals surface area contributed by atoms with Gasteiger partial charge in [0.05, 0.1) is 45.2 Å². The lowest BCUT2D eigenvalue weighted by Gasteiger charge is -2.47. The monoisotopic (exact) mass is 565 g/mol. The van der Waals surface area contributed by atoms with Gasteiger partial charge in [-0.25, -0.2) is 0 Å². The number of hydrogen-bond donors (Lipinski definition) is 1. The van der Waals surface area contributed by atoms with Crippen molar-refractivity contribution in [3.8, 4) is 0 Å². The van der Waals surface area contributed by atoms with Gasteiger partial charge in [0.25, 0.3) is 0 Å². The van der Waals surface area contributed by atoms with Gasteiger partial charge in [-0.2, -0.15) is 0 Å². The Balaban J connectivity index is 1.66. The van der Waals surface area contributed by atoms with E-state index in [-0.39, 0.29) is 0 Å². The van der Waals surface area contributed by atoms with Gasteiger partial charge in [0.1, 0.15) is 5.60 Å². The molecule has 1 aliphatic rings. The second-order valence-corrected chi connectivity index (χ2v) is 10.0. The highest BCUT2D eigenvalue weighted by atomic mass is 16.9. The summed E-state index contributed by atoms with van der Waals surface area (Å²) in [6, 6.07) is 29.9. The first kappa shape index (κ1) is 31.3. The topological polar surface area (TPSA) is 78.9 Å². The number of β-amino-alcohol motifs (C(OH)–C–C–N with tert-alkyl or cyclic N) is 1. The average molecular weight is 566 g/mol. The van der Waals surface area contributed by atoms with Crippen LogP contribution in [0.5, 0.6) is 0 Å². The summed E-state index contributed by atoms with van der Waals surface area (Å²) in [5.74, 6) is -1.53. The third-order valence-corrected chi connectivity index (χ3v) is 7.52. The molecule has 41 heavy (non-hydrogen) atoms. The van der Waals surface area contributed by atoms with Crippen LogP contribution in [0.15, 0.2) is 91.0 Å². The molecule has 0 bridgehead atoms. The van der Waals surface area contributed by atoms with Gasteiger partial charge in [-0.05, 0) is 23.1 Å². The molecule has 1 saturated heterocycles. The number of nitrogens with zero attached hydrogens (tertiary/aromatic N) is 1. The van der Waals surface area contributed by atoms with E-state index in [2.05, 4.69) is 41.3 Å². The summed E-state index contributed by atoms with van der Waals surface area (Å²) in [7, 11) is 4.83. The van der Waals surface area contributed by atoms with Crippen LogP contribution in [0.25, 0.3) is 0 Å². The number of aliphatic hydroxyl groups excluding tert-OH is 1. The Morgan fingerprint density at radius 2 is 1.15 bits per heavy atom. The molecular formula is C33H43NO7. The van der Waals surface area contributed by atoms with Crippen molar-refractivity contribution in [1.82, 2.24) is 4.90 Å². The van der Waals surface area contributed by atoms with Gasteiger partial charge in [-0.15, -0.1) is 0 Å². The van der Waals surface area contributed by atoms with Crippen LogP contribution in [0.3, 0.4) is 0 Å². The summed E-state index contributed by atoms with van der Waals surface area (Å²) in [5.41, 5.74) is 1.71. The molecule has 2 atom stereocenters. The molecule has 0 aromatic heterocycles. The molecule has 8 nitrogen and oxygen atoms in total. The Morgan fingerprint density at radius 3 is 1.61 bits per heavy atom. The summed E-state index contributed by atoms with van der Waals surface area (Å²) in [6.45, 7) is 3.53. The molecule has 0 spiro atoms. The standard InChI is InChI=1S/C33H43NO7/c1-36-21-22-40-24-23-39-20-19-34-26-30(35)25-31(34)33(37-2,38-3)41-32(27-13-7-4-8-14-27,28-15-9-5-10-16-28)29-17-11-6-12-18-29/h4-18,30-31,35H,19-26H2,1-3H3. The molecular weight excluding hydrogens is 522 g/mol. The molecule has 0 aliphatic carbocycles. The van der Waals surface area contributed by atoms with Crippen LogP contribution in [-0.4, -0.2) is 95.6 Å². The van der Waals surface area contributed by atoms with Crippen molar-refractivity contribution in [2.24, 2.45) is 0 Å². The Morgan fingerprint density at radius 1 is 0.683 bits per heavy atom. The lowest BCUT2D eigenvalue weighted by molar-refractivity contribution is -0.407. The zero-order valence-corrected chi connectivity index (χ0v) is 24.3. The molecule has 0 radical (unpaired) electrons. The minimum atomic E-state index is -1.53. The number of benzene rings is 3. The molecule has 3 aromatic rings. The molecule has 1 aliphatic heterocycles. The molecule has 1 fully saturated rings. The lowest BCUT2D eigenvalue weighted by atomic mass is 9.80. The van der Waals surface area contributed by atoms with Crippen LogP contribution in [-0.2, 0) is 34.0 Å². The van der Waals surface area contributed by atoms with Crippen molar-refractivity contribution >= 4 is 0 Å². The summed E-state index contributed by atoms with van der Waals surface area (Å²) >= 11 is 0. The Hall–Kier alpha value is -2.66.